The van der Waals surface area contributed by atoms with Gasteiger partial charge in [0.05, 0.1) is 19.9 Å². The molecule has 6 heteroatoms. The molecule has 21 heavy (non-hydrogen) atoms. The quantitative estimate of drug-likeness (QED) is 0.335. The molecule has 0 aliphatic carbocycles. The number of nitrogens with zero attached hydrogens (tertiary/aromatic N) is 1. The molecule has 0 fully saturated rings. The molecule has 1 aromatic rings. The van der Waals surface area contributed by atoms with Crippen LogP contribution in [-0.4, -0.2) is 31.6 Å². The number of hydrogen-bond donors (Lipinski definition) is 2. The number of ether oxygens (including phenoxy) is 2. The van der Waals surface area contributed by atoms with E-state index in [0.29, 0.717) is 17.5 Å². The number of benzene rings is 1. The van der Waals surface area contributed by atoms with Crippen molar-refractivity contribution < 1.29 is 9.47 Å². The second-order valence-corrected chi connectivity index (χ2v) is 4.75. The predicted molar refractivity (Wildman–Crippen MR) is 90.4 cm³/mol. The highest BCUT2D eigenvalue weighted by Gasteiger charge is 2.04. The van der Waals surface area contributed by atoms with E-state index in [4.69, 9.17) is 21.7 Å². The van der Waals surface area contributed by atoms with Gasteiger partial charge in [-0.3, -0.25) is 5.43 Å². The van der Waals surface area contributed by atoms with Gasteiger partial charge in [0.2, 0.25) is 0 Å². The minimum absolute atomic E-state index is 0.500. The lowest BCUT2D eigenvalue weighted by Gasteiger charge is -2.10. The Morgan fingerprint density at radius 2 is 2.14 bits per heavy atom. The molecule has 0 bridgehead atoms. The first-order valence-electron chi connectivity index (χ1n) is 7.09. The summed E-state index contributed by atoms with van der Waals surface area (Å²) in [7, 11) is 1.63. The number of unbranched alkanes of at least 4 members (excludes halogenated alkanes) is 1. The molecular formula is C15H23N3O2S. The van der Waals surface area contributed by atoms with Crippen LogP contribution in [0.2, 0.25) is 0 Å². The van der Waals surface area contributed by atoms with Crippen LogP contribution in [0.3, 0.4) is 0 Å². The Morgan fingerprint density at radius 3 is 2.81 bits per heavy atom. The van der Waals surface area contributed by atoms with Crippen molar-refractivity contribution in [2.45, 2.75) is 26.7 Å². The van der Waals surface area contributed by atoms with Gasteiger partial charge in [0.1, 0.15) is 0 Å². The molecule has 116 valence electrons. The molecule has 0 spiro atoms. The Labute approximate surface area is 131 Å². The molecule has 0 aromatic heterocycles. The first-order chi connectivity index (χ1) is 10.2. The lowest BCUT2D eigenvalue weighted by atomic mass is 10.2. The van der Waals surface area contributed by atoms with E-state index in [1.54, 1.807) is 13.3 Å². The average Bonchev–Trinajstić information content (AvgIpc) is 2.49. The summed E-state index contributed by atoms with van der Waals surface area (Å²) in [5.41, 5.74) is 3.65. The zero-order valence-electron chi connectivity index (χ0n) is 12.8. The smallest absolute Gasteiger partial charge is 0.186 e. The van der Waals surface area contributed by atoms with E-state index >= 15 is 0 Å². The van der Waals surface area contributed by atoms with Crippen molar-refractivity contribution in [2.75, 3.05) is 20.3 Å². The summed E-state index contributed by atoms with van der Waals surface area (Å²) in [4.78, 5) is 0. The summed E-state index contributed by atoms with van der Waals surface area (Å²) in [5.74, 6) is 1.45. The fourth-order valence-corrected chi connectivity index (χ4v) is 1.77. The second kappa shape index (κ2) is 9.99. The molecule has 0 aliphatic heterocycles. The van der Waals surface area contributed by atoms with Gasteiger partial charge in [-0.05, 0) is 49.3 Å². The summed E-state index contributed by atoms with van der Waals surface area (Å²) in [5, 5.41) is 7.52. The predicted octanol–water partition coefficient (Wildman–Crippen LogP) is 2.69. The van der Waals surface area contributed by atoms with Crippen LogP contribution in [0.5, 0.6) is 11.5 Å². The van der Waals surface area contributed by atoms with E-state index < -0.39 is 0 Å². The Kier molecular flexibility index (Phi) is 8.19. The van der Waals surface area contributed by atoms with E-state index in [0.717, 1.165) is 30.7 Å². The Morgan fingerprint density at radius 1 is 1.33 bits per heavy atom. The molecule has 0 radical (unpaired) electrons. The van der Waals surface area contributed by atoms with Crippen LogP contribution in [0, 0.1) is 0 Å². The molecular weight excluding hydrogens is 286 g/mol. The van der Waals surface area contributed by atoms with Crippen molar-refractivity contribution in [3.05, 3.63) is 23.8 Å². The van der Waals surface area contributed by atoms with E-state index in [2.05, 4.69) is 22.8 Å². The topological polar surface area (TPSA) is 54.9 Å². The van der Waals surface area contributed by atoms with Crippen molar-refractivity contribution in [2.24, 2.45) is 5.10 Å². The molecule has 0 aliphatic rings. The summed E-state index contributed by atoms with van der Waals surface area (Å²) in [6.45, 7) is 5.56. The van der Waals surface area contributed by atoms with Gasteiger partial charge < -0.3 is 14.8 Å². The first-order valence-corrected chi connectivity index (χ1v) is 7.49. The third kappa shape index (κ3) is 6.44. The van der Waals surface area contributed by atoms with Gasteiger partial charge in [0.15, 0.2) is 16.6 Å². The number of methoxy groups -OCH3 is 1. The van der Waals surface area contributed by atoms with Gasteiger partial charge in [0, 0.05) is 6.54 Å². The van der Waals surface area contributed by atoms with Gasteiger partial charge in [-0.15, -0.1) is 0 Å². The van der Waals surface area contributed by atoms with Crippen LogP contribution < -0.4 is 20.2 Å². The van der Waals surface area contributed by atoms with Crippen molar-refractivity contribution in [3.8, 4) is 11.5 Å². The van der Waals surface area contributed by atoms with E-state index in [9.17, 15) is 0 Å². The second-order valence-electron chi connectivity index (χ2n) is 4.34. The van der Waals surface area contributed by atoms with Crippen LogP contribution in [-0.2, 0) is 0 Å². The van der Waals surface area contributed by atoms with Crippen molar-refractivity contribution in [1.29, 1.82) is 0 Å². The highest BCUT2D eigenvalue weighted by atomic mass is 32.1. The molecule has 0 atom stereocenters. The van der Waals surface area contributed by atoms with Crippen molar-refractivity contribution in [1.82, 2.24) is 10.7 Å². The third-order valence-electron chi connectivity index (χ3n) is 2.66. The lowest BCUT2D eigenvalue weighted by Crippen LogP contribution is -2.31. The number of thiocarbonyl (C=S) groups is 1. The van der Waals surface area contributed by atoms with Crippen LogP contribution in [0.15, 0.2) is 23.3 Å². The molecule has 0 saturated heterocycles. The van der Waals surface area contributed by atoms with Crippen molar-refractivity contribution in [3.63, 3.8) is 0 Å². The number of hydrogen-bond acceptors (Lipinski definition) is 4. The Bertz CT molecular complexity index is 478. The van der Waals surface area contributed by atoms with Crippen LogP contribution in [0.4, 0.5) is 0 Å². The number of rotatable bonds is 8. The summed E-state index contributed by atoms with van der Waals surface area (Å²) >= 11 is 5.02. The first kappa shape index (κ1) is 17.2. The normalized spacial score (nSPS) is 10.4. The number of hydrazone groups is 1. The molecule has 0 unspecified atom stereocenters. The lowest BCUT2D eigenvalue weighted by molar-refractivity contribution is 0.288. The van der Waals surface area contributed by atoms with Gasteiger partial charge >= 0.3 is 0 Å². The Balaban J connectivity index is 2.64. The standard InChI is InChI=1S/C15H23N3O2S/c1-4-6-9-20-13-8-7-12(10-14(13)19-3)11-17-18-15(21)16-5-2/h7-8,10-11H,4-6,9H2,1-3H3,(H2,16,18,21)/b17-11+. The van der Waals surface area contributed by atoms with E-state index in [-0.39, 0.29) is 0 Å². The molecule has 0 saturated carbocycles. The fourth-order valence-electron chi connectivity index (χ4n) is 1.58. The van der Waals surface area contributed by atoms with E-state index in [1.165, 1.54) is 0 Å². The summed E-state index contributed by atoms with van der Waals surface area (Å²) < 4.78 is 11.0. The summed E-state index contributed by atoms with van der Waals surface area (Å²) in [6.07, 6.45) is 3.81. The molecule has 5 nitrogen and oxygen atoms in total. The zero-order chi connectivity index (χ0) is 15.5. The van der Waals surface area contributed by atoms with Gasteiger partial charge in [-0.1, -0.05) is 13.3 Å². The monoisotopic (exact) mass is 309 g/mol. The minimum Gasteiger partial charge on any atom is -0.493 e. The molecule has 1 rings (SSSR count). The maximum absolute atomic E-state index is 5.68. The molecule has 2 N–H and O–H groups in total. The SMILES string of the molecule is CCCCOc1ccc(/C=N/NC(=S)NCC)cc1OC. The van der Waals surface area contributed by atoms with E-state index in [1.807, 2.05) is 25.1 Å². The molecule has 0 heterocycles. The van der Waals surface area contributed by atoms with Crippen LogP contribution in [0.25, 0.3) is 0 Å². The highest BCUT2D eigenvalue weighted by Crippen LogP contribution is 2.27. The zero-order valence-corrected chi connectivity index (χ0v) is 13.6. The maximum Gasteiger partial charge on any atom is 0.186 e. The van der Waals surface area contributed by atoms with Crippen LogP contribution >= 0.6 is 12.2 Å². The van der Waals surface area contributed by atoms with Gasteiger partial charge in [-0.2, -0.15) is 5.10 Å². The van der Waals surface area contributed by atoms with Crippen molar-refractivity contribution >= 4 is 23.5 Å². The minimum atomic E-state index is 0.500. The number of nitrogens with one attached hydrogen (secondary N) is 2. The fraction of sp³-hybridized carbons (Fsp3) is 0.467. The highest BCUT2D eigenvalue weighted by molar-refractivity contribution is 7.80. The summed E-state index contributed by atoms with van der Waals surface area (Å²) in [6, 6.07) is 5.69. The van der Waals surface area contributed by atoms with Gasteiger partial charge in [0.25, 0.3) is 0 Å². The van der Waals surface area contributed by atoms with Crippen LogP contribution in [0.1, 0.15) is 32.3 Å². The Hall–Kier alpha value is -1.82. The molecule has 0 amide bonds. The average molecular weight is 309 g/mol. The maximum atomic E-state index is 5.68. The van der Waals surface area contributed by atoms with Gasteiger partial charge in [-0.25, -0.2) is 0 Å². The molecule has 1 aromatic carbocycles. The third-order valence-corrected chi connectivity index (χ3v) is 2.90. The largest absolute Gasteiger partial charge is 0.493 e.